The number of hydrogen-bond donors (Lipinski definition) is 2. The summed E-state index contributed by atoms with van der Waals surface area (Å²) in [5.41, 5.74) is 6.25. The molecule has 4 rings (SSSR count). The number of ether oxygens (including phenoxy) is 1. The summed E-state index contributed by atoms with van der Waals surface area (Å²) >= 11 is 11.6. The Labute approximate surface area is 178 Å². The Hall–Kier alpha value is -3.09. The number of nitrogens with one attached hydrogen (secondary N) is 2. The van der Waals surface area contributed by atoms with Crippen molar-refractivity contribution in [2.45, 2.75) is 13.2 Å². The Morgan fingerprint density at radius 3 is 2.41 bits per heavy atom. The molecular formula is C22H19ClN4OS. The quantitative estimate of drug-likeness (QED) is 0.381. The van der Waals surface area contributed by atoms with Gasteiger partial charge in [0.15, 0.2) is 5.82 Å². The molecule has 0 saturated carbocycles. The predicted molar refractivity (Wildman–Crippen MR) is 118 cm³/mol. The monoisotopic (exact) mass is 422 g/mol. The topological polar surface area (TPSA) is 54.9 Å². The van der Waals surface area contributed by atoms with E-state index in [1.807, 2.05) is 78.9 Å². The maximum absolute atomic E-state index is 6.23. The van der Waals surface area contributed by atoms with Gasteiger partial charge in [-0.1, -0.05) is 78.3 Å². The van der Waals surface area contributed by atoms with Crippen LogP contribution in [0.2, 0.25) is 5.02 Å². The van der Waals surface area contributed by atoms with Crippen LogP contribution < -0.4 is 10.2 Å². The Bertz CT molecular complexity index is 1160. The largest absolute Gasteiger partial charge is 0.488 e. The Morgan fingerprint density at radius 1 is 0.931 bits per heavy atom. The molecule has 0 unspecified atom stereocenters. The molecule has 4 aromatic rings. The number of rotatable bonds is 7. The second-order valence-electron chi connectivity index (χ2n) is 6.38. The number of nitrogens with zero attached hydrogens (tertiary/aromatic N) is 2. The van der Waals surface area contributed by atoms with E-state index >= 15 is 0 Å². The molecule has 7 heteroatoms. The molecule has 1 aromatic heterocycles. The van der Waals surface area contributed by atoms with Crippen molar-refractivity contribution in [1.82, 2.24) is 14.9 Å². The number of aromatic nitrogens is 3. The van der Waals surface area contributed by atoms with Gasteiger partial charge in [-0.25, -0.2) is 9.77 Å². The predicted octanol–water partition coefficient (Wildman–Crippen LogP) is 5.58. The van der Waals surface area contributed by atoms with E-state index in [9.17, 15) is 0 Å². The Morgan fingerprint density at radius 2 is 1.62 bits per heavy atom. The van der Waals surface area contributed by atoms with Crippen LogP contribution in [0.5, 0.6) is 5.75 Å². The van der Waals surface area contributed by atoms with E-state index in [2.05, 4.69) is 15.6 Å². The lowest BCUT2D eigenvalue weighted by Crippen LogP contribution is -2.16. The lowest BCUT2D eigenvalue weighted by Gasteiger charge is -2.14. The normalized spacial score (nSPS) is 10.7. The summed E-state index contributed by atoms with van der Waals surface area (Å²) in [5.74, 6) is 1.52. The van der Waals surface area contributed by atoms with Gasteiger partial charge in [0, 0.05) is 21.7 Å². The number of aromatic amines is 1. The van der Waals surface area contributed by atoms with Gasteiger partial charge in [-0.05, 0) is 24.4 Å². The first-order valence-corrected chi connectivity index (χ1v) is 9.92. The molecule has 0 amide bonds. The van der Waals surface area contributed by atoms with E-state index in [0.29, 0.717) is 22.9 Å². The minimum absolute atomic E-state index is 0.400. The minimum Gasteiger partial charge on any atom is -0.488 e. The van der Waals surface area contributed by atoms with Gasteiger partial charge < -0.3 is 10.2 Å². The van der Waals surface area contributed by atoms with Crippen LogP contribution in [0.25, 0.3) is 11.4 Å². The van der Waals surface area contributed by atoms with Crippen molar-refractivity contribution < 1.29 is 4.74 Å². The smallest absolute Gasteiger partial charge is 0.214 e. The summed E-state index contributed by atoms with van der Waals surface area (Å²) in [6, 6.07) is 25.4. The highest BCUT2D eigenvalue weighted by Crippen LogP contribution is 2.23. The lowest BCUT2D eigenvalue weighted by atomic mass is 10.2. The lowest BCUT2D eigenvalue weighted by molar-refractivity contribution is 0.303. The van der Waals surface area contributed by atoms with Gasteiger partial charge >= 0.3 is 0 Å². The van der Waals surface area contributed by atoms with Crippen LogP contribution in [0.1, 0.15) is 11.1 Å². The molecule has 5 nitrogen and oxygen atoms in total. The molecule has 146 valence electrons. The third-order valence-electron chi connectivity index (χ3n) is 4.45. The van der Waals surface area contributed by atoms with E-state index in [-0.39, 0.29) is 0 Å². The molecule has 0 atom stereocenters. The van der Waals surface area contributed by atoms with E-state index < -0.39 is 0 Å². The summed E-state index contributed by atoms with van der Waals surface area (Å²) in [5, 5.41) is 7.89. The summed E-state index contributed by atoms with van der Waals surface area (Å²) in [6.45, 7) is 0.920. The highest BCUT2D eigenvalue weighted by Gasteiger charge is 2.10. The van der Waals surface area contributed by atoms with Crippen LogP contribution in [-0.2, 0) is 13.2 Å². The van der Waals surface area contributed by atoms with Crippen molar-refractivity contribution in [2.24, 2.45) is 0 Å². The fraction of sp³-hybridized carbons (Fsp3) is 0.0909. The first kappa shape index (κ1) is 19.2. The number of benzene rings is 3. The molecule has 0 bridgehead atoms. The van der Waals surface area contributed by atoms with E-state index in [1.54, 1.807) is 4.68 Å². The Balaban J connectivity index is 1.51. The van der Waals surface area contributed by atoms with E-state index in [4.69, 9.17) is 28.6 Å². The molecule has 29 heavy (non-hydrogen) atoms. The van der Waals surface area contributed by atoms with Crippen molar-refractivity contribution in [1.29, 1.82) is 0 Å². The van der Waals surface area contributed by atoms with Crippen LogP contribution in [-0.4, -0.2) is 14.9 Å². The molecule has 0 spiro atoms. The summed E-state index contributed by atoms with van der Waals surface area (Å²) < 4.78 is 8.31. The molecule has 0 saturated heterocycles. The number of H-pyrrole nitrogens is 1. The standard InChI is InChI=1S/C22H19ClN4OS/c23-19-12-6-4-11-18(19)15-28-20-13-7-5-10-17(20)14-24-27-21(25-26-22(27)29)16-8-2-1-3-9-16/h1-13,24H,14-15H2,(H,26,29). The van der Waals surface area contributed by atoms with Crippen molar-refractivity contribution in [3.63, 3.8) is 0 Å². The zero-order valence-corrected chi connectivity index (χ0v) is 17.1. The van der Waals surface area contributed by atoms with Crippen molar-refractivity contribution in [3.05, 3.63) is 99.8 Å². The third-order valence-corrected chi connectivity index (χ3v) is 5.09. The maximum atomic E-state index is 6.23. The second kappa shape index (κ2) is 8.94. The molecule has 0 aliphatic carbocycles. The second-order valence-corrected chi connectivity index (χ2v) is 7.17. The molecule has 1 heterocycles. The average Bonchev–Trinajstić information content (AvgIpc) is 3.13. The van der Waals surface area contributed by atoms with E-state index in [1.165, 1.54) is 0 Å². The third kappa shape index (κ3) is 4.50. The molecule has 0 radical (unpaired) electrons. The van der Waals surface area contributed by atoms with E-state index in [0.717, 1.165) is 28.3 Å². The number of halogens is 1. The first-order valence-electron chi connectivity index (χ1n) is 9.13. The van der Waals surface area contributed by atoms with Gasteiger partial charge in [0.05, 0.1) is 6.54 Å². The number of para-hydroxylation sites is 1. The molecule has 2 N–H and O–H groups in total. The van der Waals surface area contributed by atoms with Crippen LogP contribution >= 0.6 is 23.8 Å². The Kier molecular flexibility index (Phi) is 5.93. The molecule has 0 fully saturated rings. The zero-order valence-electron chi connectivity index (χ0n) is 15.5. The van der Waals surface area contributed by atoms with Gasteiger partial charge in [0.1, 0.15) is 12.4 Å². The van der Waals surface area contributed by atoms with Gasteiger partial charge in [0.25, 0.3) is 0 Å². The first-order chi connectivity index (χ1) is 14.2. The zero-order chi connectivity index (χ0) is 20.1. The summed E-state index contributed by atoms with van der Waals surface area (Å²) in [4.78, 5) is 0. The van der Waals surface area contributed by atoms with Gasteiger partial charge in [0.2, 0.25) is 4.77 Å². The molecular weight excluding hydrogens is 404 g/mol. The van der Waals surface area contributed by atoms with Crippen molar-refractivity contribution in [3.8, 4) is 17.1 Å². The molecule has 0 aliphatic heterocycles. The maximum Gasteiger partial charge on any atom is 0.214 e. The molecule has 0 aliphatic rings. The number of hydrogen-bond acceptors (Lipinski definition) is 4. The SMILES string of the molecule is S=c1[nH]nc(-c2ccccc2)n1NCc1ccccc1OCc1ccccc1Cl. The van der Waals surface area contributed by atoms with Crippen molar-refractivity contribution in [2.75, 3.05) is 5.43 Å². The fourth-order valence-electron chi connectivity index (χ4n) is 2.95. The highest BCUT2D eigenvalue weighted by molar-refractivity contribution is 7.71. The van der Waals surface area contributed by atoms with Crippen LogP contribution in [0.4, 0.5) is 0 Å². The average molecular weight is 423 g/mol. The van der Waals surface area contributed by atoms with Crippen LogP contribution in [0.15, 0.2) is 78.9 Å². The van der Waals surface area contributed by atoms with Gasteiger partial charge in [-0.15, -0.1) is 0 Å². The van der Waals surface area contributed by atoms with Gasteiger partial charge in [-0.2, -0.15) is 5.10 Å². The summed E-state index contributed by atoms with van der Waals surface area (Å²) in [6.07, 6.45) is 0. The highest BCUT2D eigenvalue weighted by atomic mass is 35.5. The minimum atomic E-state index is 0.400. The van der Waals surface area contributed by atoms with Crippen LogP contribution in [0, 0.1) is 4.77 Å². The molecule has 3 aromatic carbocycles. The fourth-order valence-corrected chi connectivity index (χ4v) is 3.34. The van der Waals surface area contributed by atoms with Crippen molar-refractivity contribution >= 4 is 23.8 Å². The van der Waals surface area contributed by atoms with Gasteiger partial charge in [-0.3, -0.25) is 0 Å². The summed E-state index contributed by atoms with van der Waals surface area (Å²) in [7, 11) is 0. The van der Waals surface area contributed by atoms with Crippen LogP contribution in [0.3, 0.4) is 0 Å².